The lowest BCUT2D eigenvalue weighted by molar-refractivity contribution is 0.935. The van der Waals surface area contributed by atoms with Crippen molar-refractivity contribution in [3.63, 3.8) is 0 Å². The van der Waals surface area contributed by atoms with Crippen molar-refractivity contribution >= 4 is 29.2 Å². The normalized spacial score (nSPS) is 10.4. The van der Waals surface area contributed by atoms with E-state index >= 15 is 0 Å². The highest BCUT2D eigenvalue weighted by Gasteiger charge is 2.05. The molecule has 0 saturated heterocycles. The Hall–Kier alpha value is -1.53. The molecule has 5 nitrogen and oxygen atoms in total. The zero-order valence-electron chi connectivity index (χ0n) is 8.68. The molecule has 0 saturated carbocycles. The van der Waals surface area contributed by atoms with Crippen molar-refractivity contribution in [1.82, 2.24) is 15.0 Å². The van der Waals surface area contributed by atoms with Gasteiger partial charge in [0, 0.05) is 18.0 Å². The first kappa shape index (κ1) is 11.9. The standard InChI is InChI=1S/C10H9ClN4OS/c11-6-1-2-8(12)14-7(6)5-17-10-13-4-3-9(16)15-10/h1-4H,5H2,(H2,12,14)(H,13,15,16). The third-order valence-corrected chi connectivity index (χ3v) is 3.18. The van der Waals surface area contributed by atoms with Crippen molar-refractivity contribution < 1.29 is 0 Å². The summed E-state index contributed by atoms with van der Waals surface area (Å²) < 4.78 is 0. The molecule has 3 N–H and O–H groups in total. The highest BCUT2D eigenvalue weighted by molar-refractivity contribution is 7.98. The summed E-state index contributed by atoms with van der Waals surface area (Å²) in [7, 11) is 0. The van der Waals surface area contributed by atoms with Crippen molar-refractivity contribution in [2.24, 2.45) is 0 Å². The summed E-state index contributed by atoms with van der Waals surface area (Å²) in [6.45, 7) is 0. The fraction of sp³-hybridized carbons (Fsp3) is 0.100. The average Bonchev–Trinajstić information content (AvgIpc) is 2.30. The van der Waals surface area contributed by atoms with Crippen LogP contribution in [0.15, 0.2) is 34.3 Å². The minimum Gasteiger partial charge on any atom is -0.384 e. The number of anilines is 1. The minimum atomic E-state index is -0.186. The van der Waals surface area contributed by atoms with Gasteiger partial charge < -0.3 is 10.7 Å². The van der Waals surface area contributed by atoms with E-state index in [0.717, 1.165) is 0 Å². The number of nitrogens with two attached hydrogens (primary N) is 1. The molecule has 2 rings (SSSR count). The second kappa shape index (κ2) is 5.20. The van der Waals surface area contributed by atoms with Crippen LogP contribution in [0.1, 0.15) is 5.69 Å². The second-order valence-corrected chi connectivity index (χ2v) is 4.56. The quantitative estimate of drug-likeness (QED) is 0.654. The molecule has 0 fully saturated rings. The van der Waals surface area contributed by atoms with E-state index < -0.39 is 0 Å². The monoisotopic (exact) mass is 268 g/mol. The largest absolute Gasteiger partial charge is 0.384 e. The molecule has 2 aromatic heterocycles. The van der Waals surface area contributed by atoms with Crippen LogP contribution in [0.2, 0.25) is 5.02 Å². The molecule has 0 amide bonds. The summed E-state index contributed by atoms with van der Waals surface area (Å²) in [5, 5.41) is 1.07. The van der Waals surface area contributed by atoms with E-state index in [2.05, 4.69) is 15.0 Å². The molecular weight excluding hydrogens is 260 g/mol. The molecule has 7 heteroatoms. The van der Waals surface area contributed by atoms with Gasteiger partial charge in [0.15, 0.2) is 5.16 Å². The van der Waals surface area contributed by atoms with Gasteiger partial charge in [-0.15, -0.1) is 0 Å². The number of nitrogens with one attached hydrogen (secondary N) is 1. The molecule has 0 aliphatic rings. The maximum absolute atomic E-state index is 11.1. The number of nitrogen functional groups attached to an aromatic ring is 1. The van der Waals surface area contributed by atoms with Crippen LogP contribution in [-0.2, 0) is 5.75 Å². The SMILES string of the molecule is Nc1ccc(Cl)c(CSc2nccc(=O)[nH]2)n1. The Balaban J connectivity index is 2.12. The first-order chi connectivity index (χ1) is 8.15. The molecule has 17 heavy (non-hydrogen) atoms. The Bertz CT molecular complexity index is 587. The summed E-state index contributed by atoms with van der Waals surface area (Å²) in [5.41, 5.74) is 6.05. The van der Waals surface area contributed by atoms with Gasteiger partial charge in [-0.3, -0.25) is 4.79 Å². The average molecular weight is 269 g/mol. The van der Waals surface area contributed by atoms with Gasteiger partial charge in [0.1, 0.15) is 5.82 Å². The van der Waals surface area contributed by atoms with Crippen molar-refractivity contribution in [2.75, 3.05) is 5.73 Å². The summed E-state index contributed by atoms with van der Waals surface area (Å²) in [6, 6.07) is 4.69. The van der Waals surface area contributed by atoms with E-state index in [1.54, 1.807) is 12.1 Å². The maximum atomic E-state index is 11.1. The van der Waals surface area contributed by atoms with E-state index in [-0.39, 0.29) is 5.56 Å². The zero-order valence-corrected chi connectivity index (χ0v) is 10.3. The number of aromatic amines is 1. The fourth-order valence-corrected chi connectivity index (χ4v) is 2.22. The molecule has 0 aromatic carbocycles. The number of halogens is 1. The van der Waals surface area contributed by atoms with Crippen LogP contribution in [-0.4, -0.2) is 15.0 Å². The van der Waals surface area contributed by atoms with Gasteiger partial charge in [0.05, 0.1) is 10.7 Å². The van der Waals surface area contributed by atoms with Crippen molar-refractivity contribution in [2.45, 2.75) is 10.9 Å². The number of H-pyrrole nitrogens is 1. The van der Waals surface area contributed by atoms with E-state index in [1.807, 2.05) is 0 Å². The van der Waals surface area contributed by atoms with E-state index in [9.17, 15) is 4.79 Å². The highest BCUT2D eigenvalue weighted by atomic mass is 35.5. The zero-order chi connectivity index (χ0) is 12.3. The molecule has 0 bridgehead atoms. The fourth-order valence-electron chi connectivity index (χ4n) is 1.16. The molecule has 0 atom stereocenters. The summed E-state index contributed by atoms with van der Waals surface area (Å²) >= 11 is 7.31. The van der Waals surface area contributed by atoms with Gasteiger partial charge >= 0.3 is 0 Å². The summed E-state index contributed by atoms with van der Waals surface area (Å²) in [5.74, 6) is 0.913. The second-order valence-electron chi connectivity index (χ2n) is 3.19. The van der Waals surface area contributed by atoms with Crippen LogP contribution in [0.4, 0.5) is 5.82 Å². The molecule has 0 unspecified atom stereocenters. The van der Waals surface area contributed by atoms with Crippen molar-refractivity contribution in [3.05, 3.63) is 45.5 Å². The Morgan fingerprint density at radius 2 is 2.24 bits per heavy atom. The van der Waals surface area contributed by atoms with Crippen molar-refractivity contribution in [3.8, 4) is 0 Å². The molecule has 0 radical (unpaired) electrons. The van der Waals surface area contributed by atoms with E-state index in [4.69, 9.17) is 17.3 Å². The molecule has 0 aliphatic carbocycles. The Morgan fingerprint density at radius 1 is 1.41 bits per heavy atom. The summed E-state index contributed by atoms with van der Waals surface area (Å²) in [6.07, 6.45) is 1.45. The van der Waals surface area contributed by atoms with Crippen LogP contribution < -0.4 is 11.3 Å². The first-order valence-corrected chi connectivity index (χ1v) is 6.10. The molecule has 2 heterocycles. The number of hydrogen-bond acceptors (Lipinski definition) is 5. The number of pyridine rings is 1. The number of thioether (sulfide) groups is 1. The van der Waals surface area contributed by atoms with Crippen LogP contribution >= 0.6 is 23.4 Å². The van der Waals surface area contributed by atoms with Gasteiger partial charge in [-0.05, 0) is 12.1 Å². The van der Waals surface area contributed by atoms with Crippen LogP contribution in [0, 0.1) is 0 Å². The third-order valence-electron chi connectivity index (χ3n) is 1.93. The lowest BCUT2D eigenvalue weighted by atomic mass is 10.4. The van der Waals surface area contributed by atoms with Crippen LogP contribution in [0.25, 0.3) is 0 Å². The van der Waals surface area contributed by atoms with Gasteiger partial charge in [0.2, 0.25) is 0 Å². The minimum absolute atomic E-state index is 0.186. The number of hydrogen-bond donors (Lipinski definition) is 2. The Morgan fingerprint density at radius 3 is 3.00 bits per heavy atom. The summed E-state index contributed by atoms with van der Waals surface area (Å²) in [4.78, 5) is 21.8. The smallest absolute Gasteiger partial charge is 0.251 e. The molecule has 0 spiro atoms. The van der Waals surface area contributed by atoms with Gasteiger partial charge in [-0.2, -0.15) is 0 Å². The maximum Gasteiger partial charge on any atom is 0.251 e. The molecular formula is C10H9ClN4OS. The van der Waals surface area contributed by atoms with E-state index in [1.165, 1.54) is 24.0 Å². The lowest BCUT2D eigenvalue weighted by Crippen LogP contribution is -2.05. The predicted molar refractivity (Wildman–Crippen MR) is 68.1 cm³/mol. The topological polar surface area (TPSA) is 84.7 Å². The number of aromatic nitrogens is 3. The van der Waals surface area contributed by atoms with Gasteiger partial charge in [0.25, 0.3) is 5.56 Å². The molecule has 0 aliphatic heterocycles. The van der Waals surface area contributed by atoms with Gasteiger partial charge in [-0.1, -0.05) is 23.4 Å². The highest BCUT2D eigenvalue weighted by Crippen LogP contribution is 2.23. The molecule has 2 aromatic rings. The number of rotatable bonds is 3. The third kappa shape index (κ3) is 3.21. The molecule has 88 valence electrons. The lowest BCUT2D eigenvalue weighted by Gasteiger charge is -2.03. The van der Waals surface area contributed by atoms with Crippen LogP contribution in [0.5, 0.6) is 0 Å². The Kier molecular flexibility index (Phi) is 3.65. The van der Waals surface area contributed by atoms with Crippen LogP contribution in [0.3, 0.4) is 0 Å². The Labute approximate surface area is 106 Å². The predicted octanol–water partition coefficient (Wildman–Crippen LogP) is 1.69. The first-order valence-electron chi connectivity index (χ1n) is 4.74. The van der Waals surface area contributed by atoms with E-state index in [0.29, 0.717) is 27.4 Å². The van der Waals surface area contributed by atoms with Gasteiger partial charge in [-0.25, -0.2) is 9.97 Å². The number of nitrogens with zero attached hydrogens (tertiary/aromatic N) is 2. The van der Waals surface area contributed by atoms with Crippen molar-refractivity contribution in [1.29, 1.82) is 0 Å².